The van der Waals surface area contributed by atoms with Crippen LogP contribution in [0.4, 0.5) is 0 Å². The average molecular weight is 262 g/mol. The Hall–Kier alpha value is -0.146. The van der Waals surface area contributed by atoms with Gasteiger partial charge in [-0.05, 0) is 0 Å². The third-order valence-corrected chi connectivity index (χ3v) is 0.556. The minimum absolute atomic E-state index is 0. The largest absolute Gasteiger partial charge is 2.00 e. The summed E-state index contributed by atoms with van der Waals surface area (Å²) in [5.74, 6) is 0. The molecule has 0 aliphatic heterocycles. The normalized spacial score (nSPS) is 10.0. The third-order valence-electron chi connectivity index (χ3n) is 0.556. The molecule has 16 heavy (non-hydrogen) atoms. The molecule has 0 atom stereocenters. The van der Waals surface area contributed by atoms with Crippen LogP contribution >= 0.6 is 0 Å². The molecule has 0 unspecified atom stereocenters. The van der Waals surface area contributed by atoms with Crippen molar-refractivity contribution in [2.75, 3.05) is 0 Å². The van der Waals surface area contributed by atoms with Crippen LogP contribution in [-0.4, -0.2) is 11.2 Å². The van der Waals surface area contributed by atoms with Crippen LogP contribution in [0.1, 0.15) is 41.5 Å². The van der Waals surface area contributed by atoms with Gasteiger partial charge in [0.1, 0.15) is 0 Å². The van der Waals surface area contributed by atoms with Crippen molar-refractivity contribution in [2.45, 2.75) is 52.7 Å². The number of hydrogen-bond acceptors (Lipinski definition) is 2. The molecule has 0 amide bonds. The maximum absolute atomic E-state index is 10.1. The maximum Gasteiger partial charge on any atom is 2.00 e. The molecule has 0 heterocycles. The van der Waals surface area contributed by atoms with Gasteiger partial charge in [0, 0.05) is 0 Å². The van der Waals surface area contributed by atoms with Gasteiger partial charge < -0.3 is 10.2 Å². The quantitative estimate of drug-likeness (QED) is 0.668. The fourth-order valence-electron chi connectivity index (χ4n) is 0.321. The smallest absolute Gasteiger partial charge is 0.850 e. The zero-order valence-electron chi connectivity index (χ0n) is 11.2. The van der Waals surface area contributed by atoms with Crippen LogP contribution in [0, 0.1) is 0 Å². The molecule has 0 fully saturated rings. The van der Waals surface area contributed by atoms with Gasteiger partial charge in [-0.15, -0.1) is 11.2 Å². The van der Waals surface area contributed by atoms with Crippen molar-refractivity contribution in [3.8, 4) is 0 Å². The first kappa shape index (κ1) is 21.2. The predicted molar refractivity (Wildman–Crippen MR) is 61.5 cm³/mol. The molecule has 0 aromatic heterocycles. The molecule has 0 saturated heterocycles. The molecule has 1 rings (SSSR count). The molecule has 1 radical (unpaired) electrons. The molecule has 0 N–H and O–H groups in total. The fourth-order valence-corrected chi connectivity index (χ4v) is 0.321. The van der Waals surface area contributed by atoms with E-state index in [0.29, 0.717) is 0 Å². The second-order valence-electron chi connectivity index (χ2n) is 5.19. The van der Waals surface area contributed by atoms with Crippen LogP contribution in [0.2, 0.25) is 0 Å². The summed E-state index contributed by atoms with van der Waals surface area (Å²) in [5, 5.41) is 20.2. The Labute approximate surface area is 112 Å². The van der Waals surface area contributed by atoms with Gasteiger partial charge in [0.25, 0.3) is 0 Å². The zero-order valence-corrected chi connectivity index (χ0v) is 12.5. The SMILES string of the molecule is CC(C)(C)[O-].CC(C)(C)[O-].[V+2].c1cc[cH-]c1. The molecule has 0 spiro atoms. The van der Waals surface area contributed by atoms with E-state index in [-0.39, 0.29) is 18.6 Å². The summed E-state index contributed by atoms with van der Waals surface area (Å²) >= 11 is 0. The standard InChI is InChI=1S/C5H5.2C4H9O.V/c1-2-4-5-3-1;2*1-4(2,3)5;/h1-5H;2*1-3H3;/q3*-1;+2. The molecule has 0 aliphatic carbocycles. The molecule has 93 valence electrons. The van der Waals surface area contributed by atoms with E-state index in [1.807, 2.05) is 30.3 Å². The first-order valence-corrected chi connectivity index (χ1v) is 5.07. The van der Waals surface area contributed by atoms with E-state index in [1.54, 1.807) is 41.5 Å². The zero-order chi connectivity index (χ0) is 12.5. The van der Waals surface area contributed by atoms with Crippen LogP contribution in [-0.2, 0) is 18.6 Å². The van der Waals surface area contributed by atoms with Crippen molar-refractivity contribution in [3.63, 3.8) is 0 Å². The average Bonchev–Trinajstić information content (AvgIpc) is 2.28. The van der Waals surface area contributed by atoms with Crippen LogP contribution in [0.3, 0.4) is 0 Å². The molecule has 2 nitrogen and oxygen atoms in total. The molecular formula is C13H23O2V-. The van der Waals surface area contributed by atoms with Gasteiger partial charge in [-0.3, -0.25) is 0 Å². The maximum atomic E-state index is 10.1. The molecular weight excluding hydrogens is 239 g/mol. The van der Waals surface area contributed by atoms with Crippen molar-refractivity contribution in [1.82, 2.24) is 0 Å². The Morgan fingerprint density at radius 1 is 0.750 bits per heavy atom. The molecule has 0 saturated carbocycles. The summed E-state index contributed by atoms with van der Waals surface area (Å²) in [6.45, 7) is 9.79. The van der Waals surface area contributed by atoms with E-state index < -0.39 is 11.2 Å². The summed E-state index contributed by atoms with van der Waals surface area (Å²) in [4.78, 5) is 0. The van der Waals surface area contributed by atoms with Crippen molar-refractivity contribution < 1.29 is 28.8 Å². The van der Waals surface area contributed by atoms with Crippen LogP contribution < -0.4 is 10.2 Å². The summed E-state index contributed by atoms with van der Waals surface area (Å²) in [5.41, 5.74) is -1.50. The Morgan fingerprint density at radius 3 is 1.00 bits per heavy atom. The van der Waals surface area contributed by atoms with E-state index in [0.717, 1.165) is 0 Å². The van der Waals surface area contributed by atoms with Crippen molar-refractivity contribution in [1.29, 1.82) is 0 Å². The van der Waals surface area contributed by atoms with E-state index in [2.05, 4.69) is 0 Å². The van der Waals surface area contributed by atoms with Gasteiger partial charge in [-0.25, -0.2) is 12.1 Å². The van der Waals surface area contributed by atoms with Crippen molar-refractivity contribution >= 4 is 0 Å². The molecule has 3 heteroatoms. The Morgan fingerprint density at radius 2 is 0.938 bits per heavy atom. The second kappa shape index (κ2) is 10.0. The van der Waals surface area contributed by atoms with Crippen molar-refractivity contribution in [3.05, 3.63) is 30.3 Å². The van der Waals surface area contributed by atoms with Crippen LogP contribution in [0.5, 0.6) is 0 Å². The Bertz CT molecular complexity index is 164. The molecule has 1 aromatic carbocycles. The van der Waals surface area contributed by atoms with Gasteiger partial charge in [0.2, 0.25) is 0 Å². The van der Waals surface area contributed by atoms with Crippen LogP contribution in [0.25, 0.3) is 0 Å². The predicted octanol–water partition coefficient (Wildman–Crippen LogP) is 1.69. The van der Waals surface area contributed by atoms with E-state index in [4.69, 9.17) is 0 Å². The second-order valence-corrected chi connectivity index (χ2v) is 5.19. The number of hydrogen-bond donors (Lipinski definition) is 0. The van der Waals surface area contributed by atoms with Gasteiger partial charge in [0.05, 0.1) is 0 Å². The number of rotatable bonds is 0. The molecule has 0 bridgehead atoms. The minimum Gasteiger partial charge on any atom is -0.850 e. The topological polar surface area (TPSA) is 46.1 Å². The van der Waals surface area contributed by atoms with Gasteiger partial charge in [-0.2, -0.15) is 18.2 Å². The monoisotopic (exact) mass is 262 g/mol. The van der Waals surface area contributed by atoms with Crippen LogP contribution in [0.15, 0.2) is 30.3 Å². The first-order valence-electron chi connectivity index (χ1n) is 5.07. The summed E-state index contributed by atoms with van der Waals surface area (Å²) in [7, 11) is 0. The first-order chi connectivity index (χ1) is 6.50. The molecule has 0 aliphatic rings. The molecule has 1 aromatic rings. The van der Waals surface area contributed by atoms with E-state index >= 15 is 0 Å². The van der Waals surface area contributed by atoms with E-state index in [1.165, 1.54) is 0 Å². The Balaban J connectivity index is -0.000000154. The summed E-state index contributed by atoms with van der Waals surface area (Å²) in [6.07, 6.45) is 0. The van der Waals surface area contributed by atoms with Gasteiger partial charge in [0.15, 0.2) is 0 Å². The third kappa shape index (κ3) is 97.1. The Kier molecular flexibility index (Phi) is 13.3. The van der Waals surface area contributed by atoms with Crippen molar-refractivity contribution in [2.24, 2.45) is 0 Å². The summed E-state index contributed by atoms with van der Waals surface area (Å²) < 4.78 is 0. The minimum atomic E-state index is -0.750. The van der Waals surface area contributed by atoms with Gasteiger partial charge in [-0.1, -0.05) is 41.5 Å². The fraction of sp³-hybridized carbons (Fsp3) is 0.615. The van der Waals surface area contributed by atoms with Gasteiger partial charge >= 0.3 is 18.6 Å². The van der Waals surface area contributed by atoms with E-state index in [9.17, 15) is 10.2 Å². The summed E-state index contributed by atoms with van der Waals surface area (Å²) in [6, 6.07) is 10.0.